The molecule has 0 spiro atoms. The highest BCUT2D eigenvalue weighted by molar-refractivity contribution is 7.99. The number of halogens is 1. The summed E-state index contributed by atoms with van der Waals surface area (Å²) in [5.74, 6) is 1.05. The smallest absolute Gasteiger partial charge is 0.276 e. The zero-order valence-electron chi connectivity index (χ0n) is 9.63. The van der Waals surface area contributed by atoms with Crippen LogP contribution in [0.5, 0.6) is 0 Å². The predicted octanol–water partition coefficient (Wildman–Crippen LogP) is 3.64. The molecule has 1 aromatic carbocycles. The van der Waals surface area contributed by atoms with Gasteiger partial charge in [-0.15, -0.1) is 10.2 Å². The van der Waals surface area contributed by atoms with E-state index in [0.717, 1.165) is 5.56 Å². The van der Waals surface area contributed by atoms with Crippen LogP contribution >= 0.6 is 23.4 Å². The number of benzene rings is 1. The number of hydrogen-bond acceptors (Lipinski definition) is 5. The minimum atomic E-state index is -0.0409. The summed E-state index contributed by atoms with van der Waals surface area (Å²) in [6.45, 7) is 1.85. The van der Waals surface area contributed by atoms with Crippen LogP contribution < -0.4 is 0 Å². The summed E-state index contributed by atoms with van der Waals surface area (Å²) in [6, 6.07) is 9.34. The van der Waals surface area contributed by atoms with Gasteiger partial charge in [0.25, 0.3) is 5.22 Å². The normalized spacial score (nSPS) is 12.1. The fraction of sp³-hybridized carbons (Fsp3) is 0.250. The first kappa shape index (κ1) is 12.9. The predicted molar refractivity (Wildman–Crippen MR) is 70.2 cm³/mol. The second-order valence-electron chi connectivity index (χ2n) is 3.72. The summed E-state index contributed by atoms with van der Waals surface area (Å²) in [5, 5.41) is 17.7. The van der Waals surface area contributed by atoms with Gasteiger partial charge in [0.05, 0.1) is 12.0 Å². The van der Waals surface area contributed by atoms with E-state index >= 15 is 0 Å². The SMILES string of the molecule is C[C@H](C#N)CSc1nnc(-c2ccc(Cl)cc2)o1. The lowest BCUT2D eigenvalue weighted by Gasteiger charge is -1.97. The molecule has 0 bridgehead atoms. The Bertz CT molecular complexity index is 561. The molecular weight excluding hydrogens is 270 g/mol. The van der Waals surface area contributed by atoms with Gasteiger partial charge in [0.15, 0.2) is 0 Å². The van der Waals surface area contributed by atoms with Crippen molar-refractivity contribution in [3.63, 3.8) is 0 Å². The Morgan fingerprint density at radius 2 is 2.11 bits per heavy atom. The van der Waals surface area contributed by atoms with Crippen molar-refractivity contribution in [2.45, 2.75) is 12.1 Å². The quantitative estimate of drug-likeness (QED) is 0.800. The Morgan fingerprint density at radius 3 is 2.78 bits per heavy atom. The third-order valence-electron chi connectivity index (χ3n) is 2.17. The van der Waals surface area contributed by atoms with Gasteiger partial charge < -0.3 is 4.42 Å². The molecule has 0 N–H and O–H groups in total. The third kappa shape index (κ3) is 3.25. The number of hydrogen-bond donors (Lipinski definition) is 0. The molecule has 1 aromatic heterocycles. The molecule has 0 saturated carbocycles. The lowest BCUT2D eigenvalue weighted by atomic mass is 10.2. The van der Waals surface area contributed by atoms with Crippen LogP contribution in [0, 0.1) is 17.2 Å². The molecule has 2 aromatic rings. The Kier molecular flexibility index (Phi) is 4.24. The number of thioether (sulfide) groups is 1. The average molecular weight is 280 g/mol. The molecule has 0 aliphatic rings. The van der Waals surface area contributed by atoms with Crippen molar-refractivity contribution in [3.05, 3.63) is 29.3 Å². The van der Waals surface area contributed by atoms with Crippen LogP contribution in [0.2, 0.25) is 5.02 Å². The van der Waals surface area contributed by atoms with Crippen LogP contribution in [-0.2, 0) is 0 Å². The lowest BCUT2D eigenvalue weighted by Crippen LogP contribution is -1.92. The first-order valence-corrected chi connectivity index (χ1v) is 6.67. The van der Waals surface area contributed by atoms with Gasteiger partial charge in [-0.05, 0) is 31.2 Å². The largest absolute Gasteiger partial charge is 0.411 e. The van der Waals surface area contributed by atoms with Crippen molar-refractivity contribution < 1.29 is 4.42 Å². The molecule has 0 aliphatic carbocycles. The van der Waals surface area contributed by atoms with Gasteiger partial charge in [0.2, 0.25) is 5.89 Å². The molecule has 0 saturated heterocycles. The van der Waals surface area contributed by atoms with Crippen LogP contribution in [0.15, 0.2) is 33.9 Å². The zero-order valence-corrected chi connectivity index (χ0v) is 11.2. The fourth-order valence-corrected chi connectivity index (χ4v) is 2.04. The molecule has 1 atom stereocenters. The van der Waals surface area contributed by atoms with Crippen LogP contribution in [0.3, 0.4) is 0 Å². The van der Waals surface area contributed by atoms with Crippen LogP contribution in [0.1, 0.15) is 6.92 Å². The molecule has 6 heteroatoms. The van der Waals surface area contributed by atoms with E-state index in [4.69, 9.17) is 21.3 Å². The number of nitriles is 1. The molecule has 0 radical (unpaired) electrons. The first-order valence-electron chi connectivity index (χ1n) is 5.31. The van der Waals surface area contributed by atoms with Crippen LogP contribution in [-0.4, -0.2) is 16.0 Å². The van der Waals surface area contributed by atoms with Gasteiger partial charge in [-0.25, -0.2) is 0 Å². The molecule has 0 unspecified atom stereocenters. The average Bonchev–Trinajstić information content (AvgIpc) is 2.85. The van der Waals surface area contributed by atoms with Gasteiger partial charge in [-0.1, -0.05) is 23.4 Å². The summed E-state index contributed by atoms with van der Waals surface area (Å²) in [6.07, 6.45) is 0. The van der Waals surface area contributed by atoms with Gasteiger partial charge >= 0.3 is 0 Å². The maximum Gasteiger partial charge on any atom is 0.276 e. The van der Waals surface area contributed by atoms with Crippen molar-refractivity contribution in [2.24, 2.45) is 5.92 Å². The topological polar surface area (TPSA) is 62.7 Å². The third-order valence-corrected chi connectivity index (χ3v) is 3.51. The first-order chi connectivity index (χ1) is 8.69. The Labute approximate surface area is 114 Å². The molecule has 0 fully saturated rings. The maximum absolute atomic E-state index is 8.68. The molecule has 0 amide bonds. The maximum atomic E-state index is 8.68. The molecule has 18 heavy (non-hydrogen) atoms. The Balaban J connectivity index is 2.06. The van der Waals surface area contributed by atoms with E-state index in [9.17, 15) is 0 Å². The van der Waals surface area contributed by atoms with E-state index in [1.54, 1.807) is 12.1 Å². The van der Waals surface area contributed by atoms with Gasteiger partial charge in [0.1, 0.15) is 0 Å². The molecule has 1 heterocycles. The molecule has 4 nitrogen and oxygen atoms in total. The van der Waals surface area contributed by atoms with E-state index in [1.807, 2.05) is 19.1 Å². The highest BCUT2D eigenvalue weighted by Gasteiger charge is 2.10. The standard InChI is InChI=1S/C12H10ClN3OS/c1-8(6-14)7-18-12-16-15-11(17-12)9-2-4-10(13)5-3-9/h2-5,8H,7H2,1H3/t8-/m1/s1. The summed E-state index contributed by atoms with van der Waals surface area (Å²) in [4.78, 5) is 0. The summed E-state index contributed by atoms with van der Waals surface area (Å²) in [5.41, 5.74) is 0.826. The zero-order chi connectivity index (χ0) is 13.0. The van der Waals surface area contributed by atoms with Crippen molar-refractivity contribution in [2.75, 3.05) is 5.75 Å². The Morgan fingerprint density at radius 1 is 1.39 bits per heavy atom. The van der Waals surface area contributed by atoms with Crippen molar-refractivity contribution in [1.82, 2.24) is 10.2 Å². The Hall–Kier alpha value is -1.51. The molecule has 2 rings (SSSR count). The molecular formula is C12H10ClN3OS. The number of rotatable bonds is 4. The number of nitrogens with zero attached hydrogens (tertiary/aromatic N) is 3. The lowest BCUT2D eigenvalue weighted by molar-refractivity contribution is 0.465. The number of aromatic nitrogens is 2. The highest BCUT2D eigenvalue weighted by Crippen LogP contribution is 2.25. The van der Waals surface area contributed by atoms with Crippen LogP contribution in [0.4, 0.5) is 0 Å². The second-order valence-corrected chi connectivity index (χ2v) is 5.13. The summed E-state index contributed by atoms with van der Waals surface area (Å²) >= 11 is 7.19. The fourth-order valence-electron chi connectivity index (χ4n) is 1.21. The minimum absolute atomic E-state index is 0.0409. The second kappa shape index (κ2) is 5.89. The van der Waals surface area contributed by atoms with E-state index in [1.165, 1.54) is 11.8 Å². The van der Waals surface area contributed by atoms with E-state index in [2.05, 4.69) is 16.3 Å². The van der Waals surface area contributed by atoms with Crippen molar-refractivity contribution >= 4 is 23.4 Å². The van der Waals surface area contributed by atoms with Gasteiger partial charge in [-0.2, -0.15) is 5.26 Å². The van der Waals surface area contributed by atoms with Gasteiger partial charge in [0, 0.05) is 16.3 Å². The monoisotopic (exact) mass is 279 g/mol. The van der Waals surface area contributed by atoms with E-state index in [-0.39, 0.29) is 5.92 Å². The van der Waals surface area contributed by atoms with Gasteiger partial charge in [-0.3, -0.25) is 0 Å². The molecule has 0 aliphatic heterocycles. The minimum Gasteiger partial charge on any atom is -0.411 e. The molecule has 92 valence electrons. The van der Waals surface area contributed by atoms with E-state index < -0.39 is 0 Å². The van der Waals surface area contributed by atoms with Crippen molar-refractivity contribution in [1.29, 1.82) is 5.26 Å². The van der Waals surface area contributed by atoms with E-state index in [0.29, 0.717) is 21.9 Å². The summed E-state index contributed by atoms with van der Waals surface area (Å²) < 4.78 is 5.49. The summed E-state index contributed by atoms with van der Waals surface area (Å²) in [7, 11) is 0. The highest BCUT2D eigenvalue weighted by atomic mass is 35.5. The van der Waals surface area contributed by atoms with Crippen molar-refractivity contribution in [3.8, 4) is 17.5 Å². The van der Waals surface area contributed by atoms with Crippen LogP contribution in [0.25, 0.3) is 11.5 Å².